The number of alkyl halides is 3. The predicted octanol–water partition coefficient (Wildman–Crippen LogP) is 1.80. The number of halogens is 3. The van der Waals surface area contributed by atoms with Crippen molar-refractivity contribution >= 4 is 33.7 Å². The van der Waals surface area contributed by atoms with E-state index in [0.29, 0.717) is 36.5 Å². The molecule has 0 radical (unpaired) electrons. The van der Waals surface area contributed by atoms with E-state index < -0.39 is 19.1 Å². The molecule has 1 aliphatic rings. The minimum absolute atomic E-state index is 0.366. The van der Waals surface area contributed by atoms with Gasteiger partial charge in [0.2, 0.25) is 5.91 Å². The maximum Gasteiger partial charge on any atom is 0.390 e. The van der Waals surface area contributed by atoms with E-state index in [9.17, 15) is 18.0 Å². The molecule has 142 valence electrons. The van der Waals surface area contributed by atoms with Crippen LogP contribution in [0.25, 0.3) is 21.9 Å². The third kappa shape index (κ3) is 3.49. The SMILES string of the molecule is O=C(NCCC(F)(F)F)C1CCN(c2[nH]ncc3nnc4nccc4c23)C1. The van der Waals surface area contributed by atoms with Crippen molar-refractivity contribution in [3.05, 3.63) is 18.5 Å². The summed E-state index contributed by atoms with van der Waals surface area (Å²) in [6.45, 7) is 0.551. The second kappa shape index (κ2) is 6.63. The maximum atomic E-state index is 12.2. The zero-order valence-corrected chi connectivity index (χ0v) is 14.1. The highest BCUT2D eigenvalue weighted by molar-refractivity contribution is 6.08. The molecule has 3 aromatic heterocycles. The number of nitrogens with one attached hydrogen (secondary N) is 2. The molecule has 1 amide bonds. The lowest BCUT2D eigenvalue weighted by atomic mass is 10.1. The van der Waals surface area contributed by atoms with Crippen LogP contribution in [0.5, 0.6) is 0 Å². The van der Waals surface area contributed by atoms with Crippen LogP contribution in [0, 0.1) is 5.92 Å². The van der Waals surface area contributed by atoms with Crippen molar-refractivity contribution in [1.82, 2.24) is 30.7 Å². The first kappa shape index (κ1) is 17.4. The molecule has 0 aliphatic carbocycles. The highest BCUT2D eigenvalue weighted by atomic mass is 19.4. The largest absolute Gasteiger partial charge is 0.390 e. The van der Waals surface area contributed by atoms with Gasteiger partial charge in [0.05, 0.1) is 23.9 Å². The number of rotatable bonds is 4. The maximum absolute atomic E-state index is 12.2. The van der Waals surface area contributed by atoms with E-state index in [0.717, 1.165) is 10.8 Å². The molecule has 8 nitrogen and oxygen atoms in total. The molecule has 1 saturated heterocycles. The van der Waals surface area contributed by atoms with Crippen LogP contribution in [-0.4, -0.2) is 57.1 Å². The number of anilines is 1. The fourth-order valence-corrected chi connectivity index (χ4v) is 3.32. The summed E-state index contributed by atoms with van der Waals surface area (Å²) in [4.78, 5) is 18.3. The van der Waals surface area contributed by atoms with Crippen LogP contribution >= 0.6 is 0 Å². The number of nitrogens with zero attached hydrogens (tertiary/aromatic N) is 5. The first-order valence-corrected chi connectivity index (χ1v) is 8.46. The third-order valence-corrected chi connectivity index (χ3v) is 4.63. The average Bonchev–Trinajstić information content (AvgIpc) is 3.29. The molecule has 1 unspecified atom stereocenters. The first-order valence-electron chi connectivity index (χ1n) is 8.46. The van der Waals surface area contributed by atoms with Gasteiger partial charge in [-0.15, -0.1) is 10.2 Å². The smallest absolute Gasteiger partial charge is 0.356 e. The van der Waals surface area contributed by atoms with Crippen LogP contribution in [0.15, 0.2) is 18.5 Å². The normalized spacial score (nSPS) is 17.7. The van der Waals surface area contributed by atoms with Crippen molar-refractivity contribution in [3.8, 4) is 0 Å². The van der Waals surface area contributed by atoms with Crippen LogP contribution in [0.3, 0.4) is 0 Å². The van der Waals surface area contributed by atoms with Gasteiger partial charge >= 0.3 is 6.18 Å². The van der Waals surface area contributed by atoms with Gasteiger partial charge in [0.15, 0.2) is 5.65 Å². The summed E-state index contributed by atoms with van der Waals surface area (Å²) in [5, 5.41) is 19.2. The van der Waals surface area contributed by atoms with Crippen LogP contribution in [-0.2, 0) is 4.79 Å². The Morgan fingerprint density at radius 3 is 3.04 bits per heavy atom. The molecule has 0 aromatic carbocycles. The number of hydrogen-bond donors (Lipinski definition) is 2. The first-order chi connectivity index (χ1) is 12.9. The Balaban J connectivity index is 1.52. The topological polar surface area (TPSA) is 99.7 Å². The van der Waals surface area contributed by atoms with Gasteiger partial charge in [-0.25, -0.2) is 4.98 Å². The molecular weight excluding hydrogens is 363 g/mol. The minimum Gasteiger partial charge on any atom is -0.356 e. The van der Waals surface area contributed by atoms with Gasteiger partial charge in [0.1, 0.15) is 11.3 Å². The van der Waals surface area contributed by atoms with E-state index in [2.05, 4.69) is 30.7 Å². The predicted molar refractivity (Wildman–Crippen MR) is 91.0 cm³/mol. The van der Waals surface area contributed by atoms with Crippen LogP contribution < -0.4 is 10.2 Å². The van der Waals surface area contributed by atoms with Gasteiger partial charge in [-0.05, 0) is 12.5 Å². The standard InChI is InChI=1S/C16H16F3N7O/c17-16(18,19)3-5-21-15(27)9-2-6-26(8-9)14-12-10-1-4-20-13(10)24-23-11(12)7-22-25-14/h1,4,7,9,25H,2-3,5-6,8H2,(H,21,27). The Morgan fingerprint density at radius 2 is 2.22 bits per heavy atom. The number of amides is 1. The fourth-order valence-electron chi connectivity index (χ4n) is 3.32. The molecule has 2 N–H and O–H groups in total. The Morgan fingerprint density at radius 1 is 1.37 bits per heavy atom. The Labute approximate surface area is 151 Å². The van der Waals surface area contributed by atoms with Gasteiger partial charge in [-0.1, -0.05) is 0 Å². The van der Waals surface area contributed by atoms with Gasteiger partial charge < -0.3 is 10.2 Å². The van der Waals surface area contributed by atoms with Gasteiger partial charge in [0, 0.05) is 31.2 Å². The van der Waals surface area contributed by atoms with Gasteiger partial charge in [-0.2, -0.15) is 18.3 Å². The summed E-state index contributed by atoms with van der Waals surface area (Å²) in [5.41, 5.74) is 1.12. The quantitative estimate of drug-likeness (QED) is 0.717. The van der Waals surface area contributed by atoms with E-state index in [4.69, 9.17) is 0 Å². The monoisotopic (exact) mass is 379 g/mol. The second-order valence-corrected chi connectivity index (χ2v) is 6.45. The van der Waals surface area contributed by atoms with E-state index >= 15 is 0 Å². The van der Waals surface area contributed by atoms with E-state index in [1.54, 1.807) is 12.4 Å². The number of fused-ring (bicyclic) bond motifs is 3. The zero-order chi connectivity index (χ0) is 19.0. The highest BCUT2D eigenvalue weighted by Crippen LogP contribution is 2.31. The van der Waals surface area contributed by atoms with Crippen molar-refractivity contribution in [1.29, 1.82) is 0 Å². The Kier molecular flexibility index (Phi) is 4.28. The number of carbonyl (C=O) groups is 1. The lowest BCUT2D eigenvalue weighted by Crippen LogP contribution is -2.35. The van der Waals surface area contributed by atoms with E-state index in [-0.39, 0.29) is 11.8 Å². The lowest BCUT2D eigenvalue weighted by Gasteiger charge is -2.19. The second-order valence-electron chi connectivity index (χ2n) is 6.45. The van der Waals surface area contributed by atoms with E-state index in [1.165, 1.54) is 0 Å². The molecule has 3 aromatic rings. The third-order valence-electron chi connectivity index (χ3n) is 4.63. The Hall–Kier alpha value is -2.98. The summed E-state index contributed by atoms with van der Waals surface area (Å²) < 4.78 is 36.7. The Bertz CT molecular complexity index is 987. The molecule has 0 saturated carbocycles. The number of carbonyl (C=O) groups excluding carboxylic acids is 1. The average molecular weight is 379 g/mol. The van der Waals surface area contributed by atoms with Gasteiger partial charge in [0.25, 0.3) is 0 Å². The number of aromatic amines is 1. The van der Waals surface area contributed by atoms with Crippen LogP contribution in [0.1, 0.15) is 12.8 Å². The molecule has 1 fully saturated rings. The fraction of sp³-hybridized carbons (Fsp3) is 0.438. The molecule has 0 spiro atoms. The molecule has 4 heterocycles. The molecular formula is C16H16F3N7O. The zero-order valence-electron chi connectivity index (χ0n) is 14.1. The van der Waals surface area contributed by atoms with E-state index in [1.807, 2.05) is 11.0 Å². The van der Waals surface area contributed by atoms with Crippen molar-refractivity contribution < 1.29 is 18.0 Å². The number of hydrogen-bond acceptors (Lipinski definition) is 6. The van der Waals surface area contributed by atoms with Crippen molar-refractivity contribution in [3.63, 3.8) is 0 Å². The molecule has 27 heavy (non-hydrogen) atoms. The number of aromatic nitrogens is 5. The van der Waals surface area contributed by atoms with Crippen molar-refractivity contribution in [2.45, 2.75) is 19.0 Å². The summed E-state index contributed by atoms with van der Waals surface area (Å²) in [6, 6.07) is 1.83. The number of H-pyrrole nitrogens is 1. The molecule has 11 heteroatoms. The summed E-state index contributed by atoms with van der Waals surface area (Å²) in [5.74, 6) is -0.0502. The molecule has 0 bridgehead atoms. The van der Waals surface area contributed by atoms with Crippen molar-refractivity contribution in [2.75, 3.05) is 24.5 Å². The summed E-state index contributed by atoms with van der Waals surface area (Å²) in [7, 11) is 0. The van der Waals surface area contributed by atoms with Crippen LogP contribution in [0.4, 0.5) is 19.0 Å². The molecule has 1 atom stereocenters. The van der Waals surface area contributed by atoms with Gasteiger partial charge in [-0.3, -0.25) is 9.89 Å². The summed E-state index contributed by atoms with van der Waals surface area (Å²) in [6.07, 6.45) is -1.56. The van der Waals surface area contributed by atoms with Crippen LogP contribution in [0.2, 0.25) is 0 Å². The van der Waals surface area contributed by atoms with Crippen molar-refractivity contribution in [2.24, 2.45) is 5.92 Å². The molecule has 4 rings (SSSR count). The highest BCUT2D eigenvalue weighted by Gasteiger charge is 2.31. The lowest BCUT2D eigenvalue weighted by molar-refractivity contribution is -0.136. The molecule has 1 aliphatic heterocycles. The summed E-state index contributed by atoms with van der Waals surface area (Å²) >= 11 is 0. The minimum atomic E-state index is -4.28.